The van der Waals surface area contributed by atoms with Gasteiger partial charge in [-0.2, -0.15) is 0 Å². The molecule has 0 bridgehead atoms. The van der Waals surface area contributed by atoms with Crippen LogP contribution in [0.2, 0.25) is 0 Å². The van der Waals surface area contributed by atoms with E-state index in [-0.39, 0.29) is 31.9 Å². The molecule has 2 amide bonds. The van der Waals surface area contributed by atoms with Gasteiger partial charge in [0, 0.05) is 12.5 Å². The summed E-state index contributed by atoms with van der Waals surface area (Å²) in [7, 11) is 2.17. The van der Waals surface area contributed by atoms with Crippen LogP contribution in [0.3, 0.4) is 0 Å². The molecular weight excluding hydrogens is 456 g/mol. The topological polar surface area (TPSA) is 140 Å². The predicted molar refractivity (Wildman–Crippen MR) is 124 cm³/mol. The van der Waals surface area contributed by atoms with Crippen molar-refractivity contribution in [1.29, 1.82) is 0 Å². The third-order valence-electron chi connectivity index (χ3n) is 5.78. The van der Waals surface area contributed by atoms with Crippen LogP contribution < -0.4 is 10.6 Å². The van der Waals surface area contributed by atoms with Crippen LogP contribution >= 0.6 is 0 Å². The molecular formula is C25H28N2O8. The Bertz CT molecular complexity index is 1040. The molecule has 3 rings (SSSR count). The zero-order valence-electron chi connectivity index (χ0n) is 19.5. The second-order valence-electron chi connectivity index (χ2n) is 7.98. The maximum absolute atomic E-state index is 12.2. The molecule has 2 aromatic carbocycles. The molecule has 0 aliphatic heterocycles. The molecule has 0 saturated heterocycles. The average Bonchev–Trinajstić information content (AvgIpc) is 3.21. The summed E-state index contributed by atoms with van der Waals surface area (Å²) in [6, 6.07) is 14.8. The van der Waals surface area contributed by atoms with E-state index >= 15 is 0 Å². The molecule has 1 aliphatic carbocycles. The van der Waals surface area contributed by atoms with Crippen LogP contribution in [0.15, 0.2) is 48.5 Å². The number of fused-ring (bicyclic) bond motifs is 3. The smallest absolute Gasteiger partial charge is 0.407 e. The SMILES string of the molecule is COC(=O)C(=O)N[C@@H](CC[C@@H](O)CNC(=O)OCC1c2ccccc2-c2ccccc21)C(=O)OC. The lowest BCUT2D eigenvalue weighted by Gasteiger charge is -2.18. The fraction of sp³-hybridized carbons (Fsp3) is 0.360. The lowest BCUT2D eigenvalue weighted by atomic mass is 9.98. The molecule has 2 aromatic rings. The number of esters is 2. The number of rotatable bonds is 9. The summed E-state index contributed by atoms with van der Waals surface area (Å²) in [4.78, 5) is 47.1. The highest BCUT2D eigenvalue weighted by Gasteiger charge is 2.29. The molecule has 35 heavy (non-hydrogen) atoms. The Morgan fingerprint density at radius 3 is 2.09 bits per heavy atom. The van der Waals surface area contributed by atoms with Crippen LogP contribution in [-0.4, -0.2) is 68.6 Å². The molecule has 10 nitrogen and oxygen atoms in total. The zero-order chi connectivity index (χ0) is 25.4. The van der Waals surface area contributed by atoms with Crippen LogP contribution in [0.1, 0.15) is 29.9 Å². The Morgan fingerprint density at radius 1 is 0.914 bits per heavy atom. The average molecular weight is 485 g/mol. The van der Waals surface area contributed by atoms with Gasteiger partial charge in [-0.3, -0.25) is 4.79 Å². The first-order valence-electron chi connectivity index (χ1n) is 11.1. The molecule has 186 valence electrons. The number of methoxy groups -OCH3 is 2. The van der Waals surface area contributed by atoms with E-state index in [1.807, 2.05) is 48.5 Å². The fourth-order valence-corrected chi connectivity index (χ4v) is 4.01. The monoisotopic (exact) mass is 484 g/mol. The van der Waals surface area contributed by atoms with E-state index in [0.717, 1.165) is 36.5 Å². The van der Waals surface area contributed by atoms with E-state index in [1.165, 1.54) is 0 Å². The van der Waals surface area contributed by atoms with Crippen molar-refractivity contribution in [1.82, 2.24) is 10.6 Å². The number of carbonyl (C=O) groups excluding carboxylic acids is 4. The molecule has 2 atom stereocenters. The summed E-state index contributed by atoms with van der Waals surface area (Å²) in [5.74, 6) is -3.12. The Kier molecular flexibility index (Phi) is 8.80. The summed E-state index contributed by atoms with van der Waals surface area (Å²) in [6.07, 6.45) is -1.71. The Morgan fingerprint density at radius 2 is 1.51 bits per heavy atom. The first kappa shape index (κ1) is 25.7. The van der Waals surface area contributed by atoms with Crippen LogP contribution in [0, 0.1) is 0 Å². The van der Waals surface area contributed by atoms with E-state index in [9.17, 15) is 24.3 Å². The van der Waals surface area contributed by atoms with Crippen molar-refractivity contribution in [3.05, 3.63) is 59.7 Å². The Hall–Kier alpha value is -3.92. The number of nitrogens with one attached hydrogen (secondary N) is 2. The second-order valence-corrected chi connectivity index (χ2v) is 7.98. The number of benzene rings is 2. The molecule has 0 heterocycles. The molecule has 0 aromatic heterocycles. The van der Waals surface area contributed by atoms with E-state index in [2.05, 4.69) is 20.1 Å². The van der Waals surface area contributed by atoms with Crippen molar-refractivity contribution in [3.63, 3.8) is 0 Å². The number of alkyl carbamates (subject to hydrolysis) is 1. The molecule has 0 unspecified atom stereocenters. The second kappa shape index (κ2) is 12.0. The van der Waals surface area contributed by atoms with Crippen molar-refractivity contribution >= 4 is 23.9 Å². The number of ether oxygens (including phenoxy) is 3. The van der Waals surface area contributed by atoms with Crippen molar-refractivity contribution in [2.24, 2.45) is 0 Å². The molecule has 0 radical (unpaired) electrons. The van der Waals surface area contributed by atoms with Gasteiger partial charge in [0.05, 0.1) is 20.3 Å². The summed E-state index contributed by atoms with van der Waals surface area (Å²) in [6.45, 7) is 0.00937. The summed E-state index contributed by atoms with van der Waals surface area (Å²) >= 11 is 0. The van der Waals surface area contributed by atoms with Gasteiger partial charge in [-0.15, -0.1) is 0 Å². The Labute approximate surface area is 202 Å². The van der Waals surface area contributed by atoms with Crippen LogP contribution in [-0.2, 0) is 28.6 Å². The Balaban J connectivity index is 1.47. The molecule has 3 N–H and O–H groups in total. The standard InChI is InChI=1S/C25H28N2O8/c1-33-23(30)21(27-22(29)24(31)34-2)12-11-15(28)13-26-25(32)35-14-20-18-9-5-3-7-16(18)17-8-4-6-10-19(17)20/h3-10,15,20-21,28H,11-14H2,1-2H3,(H,26,32)(H,27,29)/t15-,21+/m1/s1. The number of carbonyl (C=O) groups is 4. The van der Waals surface area contributed by atoms with Gasteiger partial charge in [-0.05, 0) is 35.1 Å². The van der Waals surface area contributed by atoms with Gasteiger partial charge in [0.2, 0.25) is 0 Å². The van der Waals surface area contributed by atoms with E-state index in [1.54, 1.807) is 0 Å². The van der Waals surface area contributed by atoms with E-state index in [0.29, 0.717) is 0 Å². The number of aliphatic hydroxyl groups is 1. The minimum atomic E-state index is -1.16. The normalized spacial score (nSPS) is 13.6. The zero-order valence-corrected chi connectivity index (χ0v) is 19.5. The highest BCUT2D eigenvalue weighted by molar-refractivity contribution is 6.32. The maximum atomic E-state index is 12.2. The minimum absolute atomic E-state index is 0.0249. The van der Waals surface area contributed by atoms with Crippen molar-refractivity contribution < 1.29 is 38.5 Å². The van der Waals surface area contributed by atoms with Gasteiger partial charge in [0.25, 0.3) is 0 Å². The predicted octanol–water partition coefficient (Wildman–Crippen LogP) is 1.50. The van der Waals surface area contributed by atoms with Gasteiger partial charge < -0.3 is 30.0 Å². The van der Waals surface area contributed by atoms with Gasteiger partial charge in [0.1, 0.15) is 12.6 Å². The lowest BCUT2D eigenvalue weighted by molar-refractivity contribution is -0.154. The number of hydrogen-bond acceptors (Lipinski definition) is 8. The van der Waals surface area contributed by atoms with Crippen LogP contribution in [0.25, 0.3) is 11.1 Å². The summed E-state index contributed by atoms with van der Waals surface area (Å²) < 4.78 is 14.3. The third-order valence-corrected chi connectivity index (χ3v) is 5.78. The quantitative estimate of drug-likeness (QED) is 0.276. The molecule has 0 fully saturated rings. The largest absolute Gasteiger partial charge is 0.467 e. The fourth-order valence-electron chi connectivity index (χ4n) is 4.01. The number of amides is 2. The van der Waals surface area contributed by atoms with Gasteiger partial charge in [-0.1, -0.05) is 48.5 Å². The molecule has 10 heteroatoms. The van der Waals surface area contributed by atoms with Gasteiger partial charge in [0.15, 0.2) is 0 Å². The molecule has 1 aliphatic rings. The van der Waals surface area contributed by atoms with Gasteiger partial charge >= 0.3 is 23.9 Å². The van der Waals surface area contributed by atoms with Gasteiger partial charge in [-0.25, -0.2) is 14.4 Å². The summed E-state index contributed by atoms with van der Waals surface area (Å²) in [5, 5.41) is 14.9. The first-order chi connectivity index (χ1) is 16.8. The highest BCUT2D eigenvalue weighted by Crippen LogP contribution is 2.44. The highest BCUT2D eigenvalue weighted by atomic mass is 16.5. The van der Waals surface area contributed by atoms with Crippen LogP contribution in [0.5, 0.6) is 0 Å². The lowest BCUT2D eigenvalue weighted by Crippen LogP contribution is -2.45. The van der Waals surface area contributed by atoms with Crippen LogP contribution in [0.4, 0.5) is 4.79 Å². The summed E-state index contributed by atoms with van der Waals surface area (Å²) in [5.41, 5.74) is 4.41. The minimum Gasteiger partial charge on any atom is -0.467 e. The third kappa shape index (κ3) is 6.36. The van der Waals surface area contributed by atoms with Crippen molar-refractivity contribution in [3.8, 4) is 11.1 Å². The maximum Gasteiger partial charge on any atom is 0.407 e. The van der Waals surface area contributed by atoms with E-state index in [4.69, 9.17) is 4.74 Å². The number of aliphatic hydroxyl groups excluding tert-OH is 1. The van der Waals surface area contributed by atoms with E-state index < -0.39 is 36.1 Å². The van der Waals surface area contributed by atoms with Crippen molar-refractivity contribution in [2.45, 2.75) is 30.9 Å². The first-order valence-corrected chi connectivity index (χ1v) is 11.1. The molecule has 0 spiro atoms. The van der Waals surface area contributed by atoms with Crippen molar-refractivity contribution in [2.75, 3.05) is 27.4 Å². The molecule has 0 saturated carbocycles. The number of hydrogen-bond donors (Lipinski definition) is 3.